The zero-order chi connectivity index (χ0) is 16.9. The topological polar surface area (TPSA) is 42.4 Å². The van der Waals surface area contributed by atoms with E-state index in [1.807, 2.05) is 17.0 Å². The maximum absolute atomic E-state index is 13.0. The Kier molecular flexibility index (Phi) is 5.36. The van der Waals surface area contributed by atoms with Crippen molar-refractivity contribution in [2.45, 2.75) is 31.7 Å². The molecular weight excluding hydrogens is 324 g/mol. The van der Waals surface area contributed by atoms with E-state index in [2.05, 4.69) is 17.1 Å². The number of hydrogen-bond acceptors (Lipinski definition) is 3. The van der Waals surface area contributed by atoms with Crippen LogP contribution in [-0.2, 0) is 0 Å². The number of aromatic nitrogens is 1. The third kappa shape index (κ3) is 3.70. The number of likely N-dealkylation sites (tertiary alicyclic amines) is 1. The summed E-state index contributed by atoms with van der Waals surface area (Å²) in [5.74, 6) is 0.841. The number of rotatable bonds is 3. The Hall–Kier alpha value is -2.07. The number of pyridine rings is 1. The first kappa shape index (κ1) is 16.8. The van der Waals surface area contributed by atoms with Crippen molar-refractivity contribution in [3.8, 4) is 5.75 Å². The summed E-state index contributed by atoms with van der Waals surface area (Å²) < 4.78 is 5.24. The maximum Gasteiger partial charge on any atom is 0.254 e. The van der Waals surface area contributed by atoms with Gasteiger partial charge in [-0.15, -0.1) is 0 Å². The van der Waals surface area contributed by atoms with Crippen LogP contribution in [0.1, 0.15) is 47.6 Å². The van der Waals surface area contributed by atoms with Gasteiger partial charge in [-0.3, -0.25) is 4.79 Å². The molecule has 0 spiro atoms. The van der Waals surface area contributed by atoms with Crippen LogP contribution in [0.5, 0.6) is 5.75 Å². The van der Waals surface area contributed by atoms with Crippen LogP contribution >= 0.6 is 11.6 Å². The summed E-state index contributed by atoms with van der Waals surface area (Å²) in [6.07, 6.45) is 5.84. The van der Waals surface area contributed by atoms with Gasteiger partial charge in [0.05, 0.1) is 13.2 Å². The highest BCUT2D eigenvalue weighted by Crippen LogP contribution is 2.32. The number of hydrogen-bond donors (Lipinski definition) is 0. The lowest BCUT2D eigenvalue weighted by molar-refractivity contribution is 0.0681. The van der Waals surface area contributed by atoms with Crippen LogP contribution in [0.15, 0.2) is 42.6 Å². The van der Waals surface area contributed by atoms with Gasteiger partial charge in [0.2, 0.25) is 0 Å². The van der Waals surface area contributed by atoms with Crippen molar-refractivity contribution in [1.29, 1.82) is 0 Å². The van der Waals surface area contributed by atoms with Crippen molar-refractivity contribution >= 4 is 17.5 Å². The largest absolute Gasteiger partial charge is 0.497 e. The number of carbonyl (C=O) groups excluding carboxylic acids is 1. The Morgan fingerprint density at radius 2 is 2.00 bits per heavy atom. The molecule has 24 heavy (non-hydrogen) atoms. The molecule has 2 aromatic rings. The van der Waals surface area contributed by atoms with Gasteiger partial charge in [-0.25, -0.2) is 4.98 Å². The van der Waals surface area contributed by atoms with Crippen LogP contribution < -0.4 is 4.74 Å². The van der Waals surface area contributed by atoms with Crippen LogP contribution in [0.3, 0.4) is 0 Å². The zero-order valence-electron chi connectivity index (χ0n) is 13.7. The minimum absolute atomic E-state index is 0.0158. The molecule has 1 aromatic heterocycles. The summed E-state index contributed by atoms with van der Waals surface area (Å²) in [6.45, 7) is 0.759. The minimum atomic E-state index is 0.0158. The van der Waals surface area contributed by atoms with Gasteiger partial charge in [0.1, 0.15) is 10.9 Å². The van der Waals surface area contributed by atoms with Crippen molar-refractivity contribution in [2.24, 2.45) is 0 Å². The van der Waals surface area contributed by atoms with E-state index in [0.717, 1.165) is 43.5 Å². The van der Waals surface area contributed by atoms with E-state index in [1.165, 1.54) is 0 Å². The van der Waals surface area contributed by atoms with E-state index < -0.39 is 0 Å². The van der Waals surface area contributed by atoms with Crippen molar-refractivity contribution in [2.75, 3.05) is 13.7 Å². The molecule has 0 radical (unpaired) electrons. The Morgan fingerprint density at radius 3 is 2.71 bits per heavy atom. The number of amides is 1. The van der Waals surface area contributed by atoms with Crippen LogP contribution in [0.2, 0.25) is 5.15 Å². The number of nitrogens with zero attached hydrogens (tertiary/aromatic N) is 2. The highest BCUT2D eigenvalue weighted by molar-refractivity contribution is 6.29. The molecule has 1 aromatic carbocycles. The molecule has 126 valence electrons. The standard InChI is InChI=1S/C19H21ClN2O2/c1-24-16-8-6-14(7-9-16)17-5-3-2-4-12-22(17)19(23)15-10-11-21-18(20)13-15/h6-11,13,17H,2-5,12H2,1H3. The molecule has 4 nitrogen and oxygen atoms in total. The number of methoxy groups -OCH3 is 1. The molecule has 1 amide bonds. The fourth-order valence-corrected chi connectivity index (χ4v) is 3.40. The lowest BCUT2D eigenvalue weighted by Gasteiger charge is -2.30. The van der Waals surface area contributed by atoms with Gasteiger partial charge in [-0.05, 0) is 42.7 Å². The molecule has 0 N–H and O–H groups in total. The van der Waals surface area contributed by atoms with Crippen LogP contribution in [-0.4, -0.2) is 29.4 Å². The normalized spacial score (nSPS) is 18.1. The van der Waals surface area contributed by atoms with Gasteiger partial charge in [-0.2, -0.15) is 0 Å². The molecule has 0 bridgehead atoms. The Bertz CT molecular complexity index is 703. The van der Waals surface area contributed by atoms with E-state index >= 15 is 0 Å². The SMILES string of the molecule is COc1ccc(C2CCCCCN2C(=O)c2ccnc(Cl)c2)cc1. The lowest BCUT2D eigenvalue weighted by atomic mass is 10.00. The van der Waals surface area contributed by atoms with E-state index in [-0.39, 0.29) is 11.9 Å². The molecule has 5 heteroatoms. The molecule has 0 saturated carbocycles. The van der Waals surface area contributed by atoms with E-state index in [4.69, 9.17) is 16.3 Å². The average molecular weight is 345 g/mol. The molecule has 2 heterocycles. The number of halogens is 1. The fourth-order valence-electron chi connectivity index (χ4n) is 3.23. The first-order chi connectivity index (χ1) is 11.7. The van der Waals surface area contributed by atoms with Crippen molar-refractivity contribution < 1.29 is 9.53 Å². The molecule has 0 aliphatic carbocycles. The Morgan fingerprint density at radius 1 is 1.21 bits per heavy atom. The predicted octanol–water partition coefficient (Wildman–Crippen LogP) is 4.50. The smallest absolute Gasteiger partial charge is 0.254 e. The third-order valence-corrected chi connectivity index (χ3v) is 4.69. The van der Waals surface area contributed by atoms with Gasteiger partial charge < -0.3 is 9.64 Å². The predicted molar refractivity (Wildman–Crippen MR) is 94.5 cm³/mol. The molecule has 1 fully saturated rings. The second-order valence-corrected chi connectivity index (χ2v) is 6.39. The van der Waals surface area contributed by atoms with Gasteiger partial charge in [0, 0.05) is 18.3 Å². The summed E-state index contributed by atoms with van der Waals surface area (Å²) in [5, 5.41) is 0.344. The number of carbonyl (C=O) groups is 1. The molecule has 1 unspecified atom stereocenters. The first-order valence-corrected chi connectivity index (χ1v) is 8.63. The van der Waals surface area contributed by atoms with Crippen molar-refractivity contribution in [3.63, 3.8) is 0 Å². The Balaban J connectivity index is 1.90. The molecule has 1 aliphatic rings. The second kappa shape index (κ2) is 7.67. The van der Waals surface area contributed by atoms with Crippen LogP contribution in [0.4, 0.5) is 0 Å². The maximum atomic E-state index is 13.0. The van der Waals surface area contributed by atoms with Gasteiger partial charge in [-0.1, -0.05) is 36.6 Å². The average Bonchev–Trinajstić information content (AvgIpc) is 2.87. The molecule has 3 rings (SSSR count). The Labute approximate surface area is 147 Å². The lowest BCUT2D eigenvalue weighted by Crippen LogP contribution is -2.34. The zero-order valence-corrected chi connectivity index (χ0v) is 14.5. The molecule has 1 saturated heterocycles. The monoisotopic (exact) mass is 344 g/mol. The molecule has 1 aliphatic heterocycles. The van der Waals surface area contributed by atoms with Crippen LogP contribution in [0.25, 0.3) is 0 Å². The van der Waals surface area contributed by atoms with Gasteiger partial charge in [0.15, 0.2) is 0 Å². The molecule has 1 atom stereocenters. The number of benzene rings is 1. The number of ether oxygens (including phenoxy) is 1. The van der Waals surface area contributed by atoms with Gasteiger partial charge >= 0.3 is 0 Å². The highest BCUT2D eigenvalue weighted by atomic mass is 35.5. The fraction of sp³-hybridized carbons (Fsp3) is 0.368. The summed E-state index contributed by atoms with van der Waals surface area (Å²) in [7, 11) is 1.66. The first-order valence-electron chi connectivity index (χ1n) is 8.25. The van der Waals surface area contributed by atoms with Crippen molar-refractivity contribution in [3.05, 3.63) is 58.9 Å². The second-order valence-electron chi connectivity index (χ2n) is 6.00. The summed E-state index contributed by atoms with van der Waals surface area (Å²) in [6, 6.07) is 11.4. The molecular formula is C19H21ClN2O2. The van der Waals surface area contributed by atoms with Gasteiger partial charge in [0.25, 0.3) is 5.91 Å². The van der Waals surface area contributed by atoms with E-state index in [9.17, 15) is 4.79 Å². The summed E-state index contributed by atoms with van der Waals surface area (Å²) in [5.41, 5.74) is 1.74. The minimum Gasteiger partial charge on any atom is -0.497 e. The summed E-state index contributed by atoms with van der Waals surface area (Å²) in [4.78, 5) is 19.0. The quantitative estimate of drug-likeness (QED) is 0.770. The van der Waals surface area contributed by atoms with E-state index in [1.54, 1.807) is 25.4 Å². The van der Waals surface area contributed by atoms with Crippen LogP contribution in [0, 0.1) is 0 Å². The summed E-state index contributed by atoms with van der Waals surface area (Å²) >= 11 is 5.95. The van der Waals surface area contributed by atoms with E-state index in [0.29, 0.717) is 10.7 Å². The third-order valence-electron chi connectivity index (χ3n) is 4.49. The highest BCUT2D eigenvalue weighted by Gasteiger charge is 2.27. The van der Waals surface area contributed by atoms with Crippen molar-refractivity contribution in [1.82, 2.24) is 9.88 Å².